The summed E-state index contributed by atoms with van der Waals surface area (Å²) in [7, 11) is 0. The molecule has 3 rings (SSSR count). The summed E-state index contributed by atoms with van der Waals surface area (Å²) in [6, 6.07) is 5.33. The maximum Gasteiger partial charge on any atom is 0.249 e. The summed E-state index contributed by atoms with van der Waals surface area (Å²) in [6.45, 7) is 2.95. The maximum absolute atomic E-state index is 6.13. The number of anilines is 3. The van der Waals surface area contributed by atoms with Crippen molar-refractivity contribution in [2.45, 2.75) is 0 Å². The Kier molecular flexibility index (Phi) is 4.38. The van der Waals surface area contributed by atoms with Crippen molar-refractivity contribution in [1.82, 2.24) is 15.2 Å². The number of aromatic nitrogens is 3. The van der Waals surface area contributed by atoms with Gasteiger partial charge < -0.3 is 15.0 Å². The van der Waals surface area contributed by atoms with Crippen LogP contribution in [-0.2, 0) is 4.74 Å². The molecular weight excluding hydrogens is 313 g/mol. The van der Waals surface area contributed by atoms with Gasteiger partial charge in [0.2, 0.25) is 5.95 Å². The van der Waals surface area contributed by atoms with Crippen LogP contribution in [0.4, 0.5) is 17.5 Å². The lowest BCUT2D eigenvalue weighted by molar-refractivity contribution is 0.122. The first kappa shape index (κ1) is 14.3. The zero-order chi connectivity index (χ0) is 14.7. The standard InChI is InChI=1S/C13H13Cl2N5O/c14-9-2-1-3-10(12(9)15)17-13-18-11(8-16-19-13)20-4-6-21-7-5-20/h1-3,8H,4-7H2,(H,17,18,19). The summed E-state index contributed by atoms with van der Waals surface area (Å²) >= 11 is 12.1. The molecule has 1 fully saturated rings. The highest BCUT2D eigenvalue weighted by molar-refractivity contribution is 6.43. The number of benzene rings is 1. The maximum atomic E-state index is 6.13. The Morgan fingerprint density at radius 1 is 1.19 bits per heavy atom. The summed E-state index contributed by atoms with van der Waals surface area (Å²) in [5.41, 5.74) is 0.644. The number of ether oxygens (including phenoxy) is 1. The van der Waals surface area contributed by atoms with Gasteiger partial charge in [-0.2, -0.15) is 10.1 Å². The van der Waals surface area contributed by atoms with Crippen LogP contribution in [0.1, 0.15) is 0 Å². The van der Waals surface area contributed by atoms with Crippen molar-refractivity contribution in [2.24, 2.45) is 0 Å². The zero-order valence-corrected chi connectivity index (χ0v) is 12.6. The molecule has 0 unspecified atom stereocenters. The van der Waals surface area contributed by atoms with E-state index in [2.05, 4.69) is 25.4 Å². The largest absolute Gasteiger partial charge is 0.378 e. The number of rotatable bonds is 3. The van der Waals surface area contributed by atoms with Crippen molar-refractivity contribution in [1.29, 1.82) is 0 Å². The van der Waals surface area contributed by atoms with Gasteiger partial charge in [-0.05, 0) is 12.1 Å². The summed E-state index contributed by atoms with van der Waals surface area (Å²) in [5.74, 6) is 1.14. The van der Waals surface area contributed by atoms with Crippen LogP contribution in [0.2, 0.25) is 10.0 Å². The predicted molar refractivity (Wildman–Crippen MR) is 82.6 cm³/mol. The van der Waals surface area contributed by atoms with Crippen LogP contribution >= 0.6 is 23.2 Å². The van der Waals surface area contributed by atoms with Gasteiger partial charge in [-0.15, -0.1) is 5.10 Å². The molecule has 110 valence electrons. The smallest absolute Gasteiger partial charge is 0.249 e. The topological polar surface area (TPSA) is 63.2 Å². The van der Waals surface area contributed by atoms with Crippen LogP contribution in [0.3, 0.4) is 0 Å². The van der Waals surface area contributed by atoms with Gasteiger partial charge in [0.05, 0.1) is 35.1 Å². The van der Waals surface area contributed by atoms with E-state index in [0.717, 1.165) is 18.9 Å². The molecule has 21 heavy (non-hydrogen) atoms. The quantitative estimate of drug-likeness (QED) is 0.936. The minimum Gasteiger partial charge on any atom is -0.378 e. The van der Waals surface area contributed by atoms with E-state index in [-0.39, 0.29) is 0 Å². The van der Waals surface area contributed by atoms with E-state index in [4.69, 9.17) is 27.9 Å². The molecule has 1 N–H and O–H groups in total. The Labute approximate surface area is 132 Å². The molecule has 2 aromatic rings. The van der Waals surface area contributed by atoms with Crippen molar-refractivity contribution < 1.29 is 4.74 Å². The molecule has 1 saturated heterocycles. The minimum absolute atomic E-state index is 0.378. The monoisotopic (exact) mass is 325 g/mol. The van der Waals surface area contributed by atoms with E-state index in [1.165, 1.54) is 0 Å². The molecule has 1 aliphatic rings. The highest BCUT2D eigenvalue weighted by Gasteiger charge is 2.14. The molecule has 0 spiro atoms. The predicted octanol–water partition coefficient (Wildman–Crippen LogP) is 2.76. The number of nitrogens with one attached hydrogen (secondary N) is 1. The van der Waals surface area contributed by atoms with Gasteiger partial charge in [0.25, 0.3) is 0 Å². The molecule has 1 aromatic heterocycles. The average molecular weight is 326 g/mol. The third-order valence-electron chi connectivity index (χ3n) is 3.08. The molecule has 0 atom stereocenters. The summed E-state index contributed by atoms with van der Waals surface area (Å²) in [4.78, 5) is 6.55. The zero-order valence-electron chi connectivity index (χ0n) is 11.1. The first-order chi connectivity index (χ1) is 10.2. The molecule has 0 radical (unpaired) electrons. The second-order valence-corrected chi connectivity index (χ2v) is 5.25. The van der Waals surface area contributed by atoms with Gasteiger partial charge in [0.15, 0.2) is 5.82 Å². The first-order valence-electron chi connectivity index (χ1n) is 6.47. The lowest BCUT2D eigenvalue weighted by atomic mass is 10.3. The Balaban J connectivity index is 1.81. The van der Waals surface area contributed by atoms with E-state index in [1.54, 1.807) is 24.4 Å². The minimum atomic E-state index is 0.378. The fraction of sp³-hybridized carbons (Fsp3) is 0.308. The number of nitrogens with zero attached hydrogens (tertiary/aromatic N) is 4. The summed E-state index contributed by atoms with van der Waals surface area (Å²) < 4.78 is 5.32. The highest BCUT2D eigenvalue weighted by atomic mass is 35.5. The van der Waals surface area contributed by atoms with Gasteiger partial charge in [0.1, 0.15) is 0 Å². The van der Waals surface area contributed by atoms with Crippen LogP contribution in [0.5, 0.6) is 0 Å². The van der Waals surface area contributed by atoms with Crippen molar-refractivity contribution in [2.75, 3.05) is 36.5 Å². The molecule has 0 amide bonds. The van der Waals surface area contributed by atoms with Crippen LogP contribution in [0.25, 0.3) is 0 Å². The average Bonchev–Trinajstić information content (AvgIpc) is 2.53. The van der Waals surface area contributed by atoms with E-state index >= 15 is 0 Å². The van der Waals surface area contributed by atoms with E-state index in [0.29, 0.717) is 34.9 Å². The third kappa shape index (κ3) is 3.34. The van der Waals surface area contributed by atoms with Crippen molar-refractivity contribution in [3.63, 3.8) is 0 Å². The molecular formula is C13H13Cl2N5O. The lowest BCUT2D eigenvalue weighted by Gasteiger charge is -2.27. The molecule has 2 heterocycles. The number of hydrogen-bond donors (Lipinski definition) is 1. The van der Waals surface area contributed by atoms with Crippen molar-refractivity contribution in [3.8, 4) is 0 Å². The molecule has 1 aromatic carbocycles. The van der Waals surface area contributed by atoms with Crippen LogP contribution in [-0.4, -0.2) is 41.5 Å². The van der Waals surface area contributed by atoms with E-state index in [9.17, 15) is 0 Å². The fourth-order valence-electron chi connectivity index (χ4n) is 2.01. The van der Waals surface area contributed by atoms with Crippen molar-refractivity contribution >= 4 is 40.7 Å². The molecule has 6 nitrogen and oxygen atoms in total. The first-order valence-corrected chi connectivity index (χ1v) is 7.23. The van der Waals surface area contributed by atoms with Crippen LogP contribution in [0, 0.1) is 0 Å². The van der Waals surface area contributed by atoms with E-state index < -0.39 is 0 Å². The number of hydrogen-bond acceptors (Lipinski definition) is 6. The SMILES string of the molecule is Clc1cccc(Nc2nncc(N3CCOCC3)n2)c1Cl. The summed E-state index contributed by atoms with van der Waals surface area (Å²) in [6.07, 6.45) is 1.63. The van der Waals surface area contributed by atoms with Gasteiger partial charge in [-0.3, -0.25) is 0 Å². The Bertz CT molecular complexity index is 634. The normalized spacial score (nSPS) is 15.0. The molecule has 0 saturated carbocycles. The third-order valence-corrected chi connectivity index (χ3v) is 3.90. The van der Waals surface area contributed by atoms with Gasteiger partial charge in [-0.25, -0.2) is 0 Å². The molecule has 8 heteroatoms. The number of morpholine rings is 1. The van der Waals surface area contributed by atoms with Crippen molar-refractivity contribution in [3.05, 3.63) is 34.4 Å². The second kappa shape index (κ2) is 6.43. The van der Waals surface area contributed by atoms with Crippen LogP contribution in [0.15, 0.2) is 24.4 Å². The lowest BCUT2D eigenvalue weighted by Crippen LogP contribution is -2.37. The van der Waals surface area contributed by atoms with Crippen LogP contribution < -0.4 is 10.2 Å². The van der Waals surface area contributed by atoms with Gasteiger partial charge in [-0.1, -0.05) is 29.3 Å². The summed E-state index contributed by atoms with van der Waals surface area (Å²) in [5, 5.41) is 11.9. The van der Waals surface area contributed by atoms with Gasteiger partial charge >= 0.3 is 0 Å². The molecule has 0 bridgehead atoms. The molecule has 1 aliphatic heterocycles. The van der Waals surface area contributed by atoms with E-state index in [1.807, 2.05) is 0 Å². The Morgan fingerprint density at radius 3 is 2.81 bits per heavy atom. The van der Waals surface area contributed by atoms with Gasteiger partial charge in [0, 0.05) is 13.1 Å². The number of halogens is 2. The molecule has 0 aliphatic carbocycles. The highest BCUT2D eigenvalue weighted by Crippen LogP contribution is 2.31. The Morgan fingerprint density at radius 2 is 2.00 bits per heavy atom. The Hall–Kier alpha value is -1.63. The second-order valence-electron chi connectivity index (χ2n) is 4.46. The fourth-order valence-corrected chi connectivity index (χ4v) is 2.36.